The van der Waals surface area contributed by atoms with Gasteiger partial charge in [-0.05, 0) is 61.2 Å². The summed E-state index contributed by atoms with van der Waals surface area (Å²) in [5.74, 6) is 0.0732. The molecule has 0 bridgehead atoms. The van der Waals surface area contributed by atoms with Crippen molar-refractivity contribution in [1.82, 2.24) is 20.1 Å². The highest BCUT2D eigenvalue weighted by atomic mass is 35.5. The first-order chi connectivity index (χ1) is 16.1. The van der Waals surface area contributed by atoms with E-state index in [2.05, 4.69) is 34.7 Å². The summed E-state index contributed by atoms with van der Waals surface area (Å²) in [5.41, 5.74) is 1.88. The Bertz CT molecular complexity index is 1170. The molecule has 1 heterocycles. The number of hydrogen-bond donors (Lipinski definition) is 2. The number of anilines is 1. The third kappa shape index (κ3) is 6.80. The zero-order valence-electron chi connectivity index (χ0n) is 19.4. The van der Waals surface area contributed by atoms with E-state index in [0.717, 1.165) is 5.56 Å². The standard InChI is InChI=1S/C24H27ClFN5O2S/c1-14(2)11-20(28-23(33)18-10-5-15(3)12-19(18)25)22-29-30-24(31(22)4)34-13-21(32)27-17-8-6-16(26)7-9-17/h5-10,12,14,20H,11,13H2,1-4H3,(H,27,32)(H,28,33). The third-order valence-electron chi connectivity index (χ3n) is 5.02. The number of amides is 2. The summed E-state index contributed by atoms with van der Waals surface area (Å²) in [4.78, 5) is 25.2. The molecule has 2 amide bonds. The first kappa shape index (κ1) is 25.7. The minimum atomic E-state index is -0.384. The van der Waals surface area contributed by atoms with Crippen LogP contribution in [0.2, 0.25) is 5.02 Å². The number of aromatic nitrogens is 3. The molecule has 7 nitrogen and oxygen atoms in total. The fourth-order valence-corrected chi connectivity index (χ4v) is 4.40. The van der Waals surface area contributed by atoms with Gasteiger partial charge >= 0.3 is 0 Å². The van der Waals surface area contributed by atoms with Crippen molar-refractivity contribution in [3.8, 4) is 0 Å². The van der Waals surface area contributed by atoms with Gasteiger partial charge in [-0.2, -0.15) is 0 Å². The average molecular weight is 504 g/mol. The zero-order valence-corrected chi connectivity index (χ0v) is 21.0. The van der Waals surface area contributed by atoms with E-state index in [-0.39, 0.29) is 35.3 Å². The lowest BCUT2D eigenvalue weighted by Gasteiger charge is -2.20. The molecule has 10 heteroatoms. The molecule has 1 aromatic heterocycles. The lowest BCUT2D eigenvalue weighted by atomic mass is 10.0. The van der Waals surface area contributed by atoms with Gasteiger partial charge in [0.2, 0.25) is 5.91 Å². The van der Waals surface area contributed by atoms with Crippen LogP contribution >= 0.6 is 23.4 Å². The van der Waals surface area contributed by atoms with Crippen LogP contribution in [-0.4, -0.2) is 32.3 Å². The quantitative estimate of drug-likeness (QED) is 0.393. The van der Waals surface area contributed by atoms with Gasteiger partial charge in [-0.3, -0.25) is 9.59 Å². The fourth-order valence-electron chi connectivity index (χ4n) is 3.36. The number of rotatable bonds is 9. The summed E-state index contributed by atoms with van der Waals surface area (Å²) in [6.07, 6.45) is 0.650. The Balaban J connectivity index is 1.69. The second-order valence-electron chi connectivity index (χ2n) is 8.38. The maximum atomic E-state index is 13.0. The van der Waals surface area contributed by atoms with Gasteiger partial charge in [0, 0.05) is 12.7 Å². The Hall–Kier alpha value is -2.91. The van der Waals surface area contributed by atoms with Crippen molar-refractivity contribution in [1.29, 1.82) is 0 Å². The predicted molar refractivity (Wildman–Crippen MR) is 133 cm³/mol. The second-order valence-corrected chi connectivity index (χ2v) is 9.73. The molecule has 3 aromatic rings. The SMILES string of the molecule is Cc1ccc(C(=O)NC(CC(C)C)c2nnc(SCC(=O)Nc3ccc(F)cc3)n2C)c(Cl)c1. The molecule has 0 radical (unpaired) electrons. The van der Waals surface area contributed by atoms with Crippen molar-refractivity contribution in [2.45, 2.75) is 38.4 Å². The molecule has 180 valence electrons. The van der Waals surface area contributed by atoms with Crippen LogP contribution in [0.4, 0.5) is 10.1 Å². The van der Waals surface area contributed by atoms with Crippen molar-refractivity contribution in [3.05, 3.63) is 70.3 Å². The Kier molecular flexibility index (Phi) is 8.68. The molecule has 2 N–H and O–H groups in total. The summed E-state index contributed by atoms with van der Waals surface area (Å²) in [7, 11) is 1.80. The smallest absolute Gasteiger partial charge is 0.253 e. The summed E-state index contributed by atoms with van der Waals surface area (Å²) in [6, 6.07) is 10.5. The Morgan fingerprint density at radius 2 is 1.85 bits per heavy atom. The van der Waals surface area contributed by atoms with Gasteiger partial charge < -0.3 is 15.2 Å². The van der Waals surface area contributed by atoms with Gasteiger partial charge in [0.1, 0.15) is 5.82 Å². The predicted octanol–water partition coefficient (Wildman–Crippen LogP) is 5.16. The maximum Gasteiger partial charge on any atom is 0.253 e. The van der Waals surface area contributed by atoms with Crippen LogP contribution in [-0.2, 0) is 11.8 Å². The molecular weight excluding hydrogens is 477 g/mol. The highest BCUT2D eigenvalue weighted by Crippen LogP contribution is 2.25. The lowest BCUT2D eigenvalue weighted by Crippen LogP contribution is -2.31. The van der Waals surface area contributed by atoms with Gasteiger partial charge in [0.05, 0.1) is 22.4 Å². The van der Waals surface area contributed by atoms with Crippen LogP contribution in [0, 0.1) is 18.7 Å². The third-order valence-corrected chi connectivity index (χ3v) is 6.36. The number of carbonyl (C=O) groups is 2. The molecule has 0 spiro atoms. The number of nitrogens with zero attached hydrogens (tertiary/aromatic N) is 3. The van der Waals surface area contributed by atoms with E-state index in [1.165, 1.54) is 36.0 Å². The van der Waals surface area contributed by atoms with Gasteiger partial charge in [-0.1, -0.05) is 43.3 Å². The lowest BCUT2D eigenvalue weighted by molar-refractivity contribution is -0.113. The maximum absolute atomic E-state index is 13.0. The molecule has 3 rings (SSSR count). The van der Waals surface area contributed by atoms with Crippen LogP contribution in [0.5, 0.6) is 0 Å². The second kappa shape index (κ2) is 11.5. The van der Waals surface area contributed by atoms with Crippen molar-refractivity contribution in [2.75, 3.05) is 11.1 Å². The van der Waals surface area contributed by atoms with E-state index in [1.807, 2.05) is 13.0 Å². The molecule has 0 aliphatic rings. The van der Waals surface area contributed by atoms with E-state index in [9.17, 15) is 14.0 Å². The summed E-state index contributed by atoms with van der Waals surface area (Å²) in [5, 5.41) is 15.2. The van der Waals surface area contributed by atoms with Gasteiger partial charge in [0.15, 0.2) is 11.0 Å². The van der Waals surface area contributed by atoms with Gasteiger partial charge in [-0.15, -0.1) is 10.2 Å². The topological polar surface area (TPSA) is 88.9 Å². The highest BCUT2D eigenvalue weighted by Gasteiger charge is 2.24. The molecule has 0 fully saturated rings. The highest BCUT2D eigenvalue weighted by molar-refractivity contribution is 7.99. The van der Waals surface area contributed by atoms with Crippen LogP contribution in [0.1, 0.15) is 48.1 Å². The summed E-state index contributed by atoms with van der Waals surface area (Å²) >= 11 is 7.50. The number of thioether (sulfide) groups is 1. The Morgan fingerprint density at radius 1 is 1.15 bits per heavy atom. The molecule has 34 heavy (non-hydrogen) atoms. The van der Waals surface area contributed by atoms with E-state index in [0.29, 0.717) is 33.7 Å². The van der Waals surface area contributed by atoms with E-state index >= 15 is 0 Å². The molecule has 0 aliphatic carbocycles. The normalized spacial score (nSPS) is 12.0. The fraction of sp³-hybridized carbons (Fsp3) is 0.333. The minimum Gasteiger partial charge on any atom is -0.342 e. The first-order valence-electron chi connectivity index (χ1n) is 10.8. The number of benzene rings is 2. The van der Waals surface area contributed by atoms with Crippen LogP contribution in [0.15, 0.2) is 47.6 Å². The Morgan fingerprint density at radius 3 is 2.50 bits per heavy atom. The van der Waals surface area contributed by atoms with Crippen molar-refractivity contribution >= 4 is 40.9 Å². The average Bonchev–Trinajstić information content (AvgIpc) is 3.13. The van der Waals surface area contributed by atoms with Crippen molar-refractivity contribution in [3.63, 3.8) is 0 Å². The molecule has 0 saturated heterocycles. The molecular formula is C24H27ClFN5O2S. The van der Waals surface area contributed by atoms with Crippen LogP contribution in [0.25, 0.3) is 0 Å². The van der Waals surface area contributed by atoms with E-state index < -0.39 is 0 Å². The van der Waals surface area contributed by atoms with Gasteiger partial charge in [-0.25, -0.2) is 4.39 Å². The number of hydrogen-bond acceptors (Lipinski definition) is 5. The minimum absolute atomic E-state index is 0.101. The summed E-state index contributed by atoms with van der Waals surface area (Å²) < 4.78 is 14.8. The number of nitrogens with one attached hydrogen (secondary N) is 2. The zero-order chi connectivity index (χ0) is 24.8. The van der Waals surface area contributed by atoms with Crippen LogP contribution in [0.3, 0.4) is 0 Å². The molecule has 0 aliphatic heterocycles. The van der Waals surface area contributed by atoms with Crippen LogP contribution < -0.4 is 10.6 Å². The molecule has 2 aromatic carbocycles. The molecule has 1 atom stereocenters. The first-order valence-corrected chi connectivity index (χ1v) is 12.1. The van der Waals surface area contributed by atoms with E-state index in [4.69, 9.17) is 11.6 Å². The monoisotopic (exact) mass is 503 g/mol. The van der Waals surface area contributed by atoms with Gasteiger partial charge in [0.25, 0.3) is 5.91 Å². The number of halogens is 2. The summed E-state index contributed by atoms with van der Waals surface area (Å²) in [6.45, 7) is 6.03. The van der Waals surface area contributed by atoms with E-state index in [1.54, 1.807) is 23.7 Å². The van der Waals surface area contributed by atoms with Crippen molar-refractivity contribution in [2.24, 2.45) is 13.0 Å². The molecule has 1 unspecified atom stereocenters. The van der Waals surface area contributed by atoms with Crippen molar-refractivity contribution < 1.29 is 14.0 Å². The largest absolute Gasteiger partial charge is 0.342 e. The number of aryl methyl sites for hydroxylation is 1. The molecule has 0 saturated carbocycles. The Labute approximate surface area is 207 Å². The number of carbonyl (C=O) groups excluding carboxylic acids is 2.